The normalized spacial score (nSPS) is 14.4. The van der Waals surface area contributed by atoms with Crippen molar-refractivity contribution in [2.75, 3.05) is 6.54 Å². The summed E-state index contributed by atoms with van der Waals surface area (Å²) in [5.41, 5.74) is 6.67. The van der Waals surface area contributed by atoms with Gasteiger partial charge < -0.3 is 11.1 Å². The molecule has 2 unspecified atom stereocenters. The zero-order valence-corrected chi connectivity index (χ0v) is 10.7. The van der Waals surface area contributed by atoms with E-state index in [2.05, 4.69) is 10.3 Å². The molecule has 0 spiro atoms. The number of nitrogens with one attached hydrogen (secondary N) is 1. The molecule has 0 bridgehead atoms. The quantitative estimate of drug-likeness (QED) is 0.812. The Labute approximate surface area is 103 Å². The van der Waals surface area contributed by atoms with Crippen LogP contribution in [-0.4, -0.2) is 17.4 Å². The standard InChI is InChI=1S/C13H21N3O/c1-9(2)12(8-14)13(17)16-10(3)11-4-6-15-7-5-11/h4-7,9-10,12H,8,14H2,1-3H3,(H,16,17). The van der Waals surface area contributed by atoms with Crippen molar-refractivity contribution in [2.45, 2.75) is 26.8 Å². The van der Waals surface area contributed by atoms with Crippen molar-refractivity contribution in [1.29, 1.82) is 0 Å². The molecular formula is C13H21N3O. The predicted molar refractivity (Wildman–Crippen MR) is 68.2 cm³/mol. The third-order valence-corrected chi connectivity index (χ3v) is 2.96. The van der Waals surface area contributed by atoms with Gasteiger partial charge in [0.15, 0.2) is 0 Å². The van der Waals surface area contributed by atoms with E-state index in [0.29, 0.717) is 6.54 Å². The first-order chi connectivity index (χ1) is 8.06. The van der Waals surface area contributed by atoms with Crippen LogP contribution in [0.4, 0.5) is 0 Å². The first kappa shape index (κ1) is 13.6. The fraction of sp³-hybridized carbons (Fsp3) is 0.538. The Morgan fingerprint density at radius 1 is 1.35 bits per heavy atom. The Hall–Kier alpha value is -1.42. The summed E-state index contributed by atoms with van der Waals surface area (Å²) in [5, 5.41) is 2.98. The Morgan fingerprint density at radius 2 is 1.94 bits per heavy atom. The van der Waals surface area contributed by atoms with Gasteiger partial charge >= 0.3 is 0 Å². The van der Waals surface area contributed by atoms with Crippen LogP contribution in [0.15, 0.2) is 24.5 Å². The first-order valence-corrected chi connectivity index (χ1v) is 5.96. The van der Waals surface area contributed by atoms with Crippen molar-refractivity contribution >= 4 is 5.91 Å². The molecule has 0 saturated heterocycles. The van der Waals surface area contributed by atoms with Gasteiger partial charge in [-0.1, -0.05) is 13.8 Å². The lowest BCUT2D eigenvalue weighted by Gasteiger charge is -2.21. The predicted octanol–water partition coefficient (Wildman–Crippen LogP) is 1.49. The number of hydrogen-bond donors (Lipinski definition) is 2. The van der Waals surface area contributed by atoms with Crippen LogP contribution in [0.3, 0.4) is 0 Å². The van der Waals surface area contributed by atoms with Crippen LogP contribution < -0.4 is 11.1 Å². The molecule has 94 valence electrons. The van der Waals surface area contributed by atoms with Crippen molar-refractivity contribution in [3.8, 4) is 0 Å². The summed E-state index contributed by atoms with van der Waals surface area (Å²) >= 11 is 0. The lowest BCUT2D eigenvalue weighted by Crippen LogP contribution is -2.39. The van der Waals surface area contributed by atoms with Gasteiger partial charge in [-0.05, 0) is 30.5 Å². The van der Waals surface area contributed by atoms with Crippen LogP contribution in [0.1, 0.15) is 32.4 Å². The molecular weight excluding hydrogens is 214 g/mol. The maximum atomic E-state index is 12.0. The Morgan fingerprint density at radius 3 is 2.41 bits per heavy atom. The lowest BCUT2D eigenvalue weighted by atomic mass is 9.94. The SMILES string of the molecule is CC(NC(=O)C(CN)C(C)C)c1ccncc1. The van der Waals surface area contributed by atoms with Crippen LogP contribution in [-0.2, 0) is 4.79 Å². The smallest absolute Gasteiger partial charge is 0.225 e. The molecule has 17 heavy (non-hydrogen) atoms. The average Bonchev–Trinajstić information content (AvgIpc) is 2.30. The van der Waals surface area contributed by atoms with Crippen molar-refractivity contribution in [2.24, 2.45) is 17.6 Å². The molecule has 1 amide bonds. The minimum atomic E-state index is -0.126. The molecule has 1 aromatic rings. The minimum Gasteiger partial charge on any atom is -0.349 e. The van der Waals surface area contributed by atoms with Gasteiger partial charge in [0, 0.05) is 18.9 Å². The van der Waals surface area contributed by atoms with Crippen molar-refractivity contribution in [3.63, 3.8) is 0 Å². The van der Waals surface area contributed by atoms with E-state index in [1.807, 2.05) is 32.9 Å². The zero-order valence-electron chi connectivity index (χ0n) is 10.7. The number of nitrogens with two attached hydrogens (primary N) is 1. The number of rotatable bonds is 5. The molecule has 0 aliphatic carbocycles. The molecule has 1 rings (SSSR count). The van der Waals surface area contributed by atoms with Crippen LogP contribution >= 0.6 is 0 Å². The van der Waals surface area contributed by atoms with E-state index in [1.54, 1.807) is 12.4 Å². The van der Waals surface area contributed by atoms with Gasteiger partial charge in [-0.3, -0.25) is 9.78 Å². The Bertz CT molecular complexity index is 351. The van der Waals surface area contributed by atoms with E-state index in [9.17, 15) is 4.79 Å². The number of aromatic nitrogens is 1. The van der Waals surface area contributed by atoms with Gasteiger partial charge in [-0.2, -0.15) is 0 Å². The van der Waals surface area contributed by atoms with Crippen molar-refractivity contribution in [1.82, 2.24) is 10.3 Å². The molecule has 0 aliphatic rings. The van der Waals surface area contributed by atoms with Gasteiger partial charge in [-0.25, -0.2) is 0 Å². The van der Waals surface area contributed by atoms with Gasteiger partial charge in [0.1, 0.15) is 0 Å². The number of nitrogens with zero attached hydrogens (tertiary/aromatic N) is 1. The highest BCUT2D eigenvalue weighted by molar-refractivity contribution is 5.79. The second-order valence-electron chi connectivity index (χ2n) is 4.60. The second-order valence-corrected chi connectivity index (χ2v) is 4.60. The molecule has 0 aromatic carbocycles. The lowest BCUT2D eigenvalue weighted by molar-refractivity contribution is -0.126. The van der Waals surface area contributed by atoms with Crippen molar-refractivity contribution < 1.29 is 4.79 Å². The topological polar surface area (TPSA) is 68.0 Å². The van der Waals surface area contributed by atoms with Crippen molar-refractivity contribution in [3.05, 3.63) is 30.1 Å². The number of hydrogen-bond acceptors (Lipinski definition) is 3. The maximum absolute atomic E-state index is 12.0. The van der Waals surface area contributed by atoms with Gasteiger partial charge in [0.05, 0.1) is 12.0 Å². The third kappa shape index (κ3) is 3.82. The summed E-state index contributed by atoms with van der Waals surface area (Å²) in [4.78, 5) is 15.9. The molecule has 1 aromatic heterocycles. The van der Waals surface area contributed by atoms with E-state index in [-0.39, 0.29) is 23.8 Å². The van der Waals surface area contributed by atoms with E-state index in [1.165, 1.54) is 0 Å². The minimum absolute atomic E-state index is 0.0155. The molecule has 0 saturated carbocycles. The summed E-state index contributed by atoms with van der Waals surface area (Å²) in [6.45, 7) is 6.36. The van der Waals surface area contributed by atoms with Crippen LogP contribution in [0.5, 0.6) is 0 Å². The average molecular weight is 235 g/mol. The number of amides is 1. The van der Waals surface area contributed by atoms with Gasteiger partial charge in [-0.15, -0.1) is 0 Å². The number of carbonyl (C=O) groups is 1. The monoisotopic (exact) mass is 235 g/mol. The van der Waals surface area contributed by atoms with E-state index in [4.69, 9.17) is 5.73 Å². The zero-order chi connectivity index (χ0) is 12.8. The molecule has 4 heteroatoms. The van der Waals surface area contributed by atoms with Gasteiger partial charge in [0.2, 0.25) is 5.91 Å². The molecule has 1 heterocycles. The number of pyridine rings is 1. The molecule has 3 N–H and O–H groups in total. The number of carbonyl (C=O) groups excluding carboxylic acids is 1. The van der Waals surface area contributed by atoms with Crippen LogP contribution in [0.25, 0.3) is 0 Å². The highest BCUT2D eigenvalue weighted by Gasteiger charge is 2.21. The fourth-order valence-corrected chi connectivity index (χ4v) is 1.74. The summed E-state index contributed by atoms with van der Waals surface area (Å²) in [5.74, 6) is 0.149. The summed E-state index contributed by atoms with van der Waals surface area (Å²) in [6.07, 6.45) is 3.45. The summed E-state index contributed by atoms with van der Waals surface area (Å²) < 4.78 is 0. The Kier molecular flexibility index (Phi) is 5.10. The molecule has 2 atom stereocenters. The Balaban J connectivity index is 2.63. The van der Waals surface area contributed by atoms with E-state index >= 15 is 0 Å². The summed E-state index contributed by atoms with van der Waals surface area (Å²) in [6, 6.07) is 3.79. The van der Waals surface area contributed by atoms with Crippen LogP contribution in [0, 0.1) is 11.8 Å². The largest absolute Gasteiger partial charge is 0.349 e. The van der Waals surface area contributed by atoms with E-state index in [0.717, 1.165) is 5.56 Å². The first-order valence-electron chi connectivity index (χ1n) is 5.96. The molecule has 0 fully saturated rings. The van der Waals surface area contributed by atoms with Crippen LogP contribution in [0.2, 0.25) is 0 Å². The molecule has 4 nitrogen and oxygen atoms in total. The third-order valence-electron chi connectivity index (χ3n) is 2.96. The van der Waals surface area contributed by atoms with Gasteiger partial charge in [0.25, 0.3) is 0 Å². The fourth-order valence-electron chi connectivity index (χ4n) is 1.74. The molecule has 0 aliphatic heterocycles. The maximum Gasteiger partial charge on any atom is 0.225 e. The molecule has 0 radical (unpaired) electrons. The summed E-state index contributed by atoms with van der Waals surface area (Å²) in [7, 11) is 0. The second kappa shape index (κ2) is 6.35. The highest BCUT2D eigenvalue weighted by Crippen LogP contribution is 2.14. The highest BCUT2D eigenvalue weighted by atomic mass is 16.2. The van der Waals surface area contributed by atoms with E-state index < -0.39 is 0 Å².